The lowest BCUT2D eigenvalue weighted by atomic mass is 10.2. The van der Waals surface area contributed by atoms with Crippen molar-refractivity contribution in [1.29, 1.82) is 0 Å². The summed E-state index contributed by atoms with van der Waals surface area (Å²) in [5, 5.41) is 3.67. The molecule has 1 aromatic heterocycles. The molecule has 0 atom stereocenters. The molecular formula is C17H13Cl2N3O2S. The lowest BCUT2D eigenvalue weighted by Crippen LogP contribution is -2.11. The molecule has 1 heterocycles. The number of aryl methyl sites for hydroxylation is 1. The number of hydrogen-bond donors (Lipinski definition) is 1. The lowest BCUT2D eigenvalue weighted by Gasteiger charge is -2.08. The van der Waals surface area contributed by atoms with Crippen LogP contribution in [0.15, 0.2) is 42.5 Å². The Morgan fingerprint density at radius 3 is 2.40 bits per heavy atom. The van der Waals surface area contributed by atoms with Gasteiger partial charge < -0.3 is 10.1 Å². The molecule has 0 fully saturated rings. The van der Waals surface area contributed by atoms with Crippen molar-refractivity contribution in [2.45, 2.75) is 13.5 Å². The summed E-state index contributed by atoms with van der Waals surface area (Å²) in [4.78, 5) is 12.3. The quantitative estimate of drug-likeness (QED) is 0.663. The molecule has 0 aliphatic rings. The van der Waals surface area contributed by atoms with Gasteiger partial charge in [0.05, 0.1) is 17.4 Å². The van der Waals surface area contributed by atoms with E-state index in [0.717, 1.165) is 23.1 Å². The van der Waals surface area contributed by atoms with E-state index in [4.69, 9.17) is 27.9 Å². The molecule has 0 saturated heterocycles. The van der Waals surface area contributed by atoms with Crippen LogP contribution in [-0.2, 0) is 6.61 Å². The Balaban J connectivity index is 1.63. The summed E-state index contributed by atoms with van der Waals surface area (Å²) < 4.78 is 13.9. The molecule has 0 spiro atoms. The van der Waals surface area contributed by atoms with E-state index in [-0.39, 0.29) is 5.91 Å². The third-order valence-corrected chi connectivity index (χ3v) is 4.45. The largest absolute Gasteiger partial charge is 0.487 e. The highest BCUT2D eigenvalue weighted by Gasteiger charge is 2.09. The second kappa shape index (κ2) is 7.82. The van der Waals surface area contributed by atoms with Gasteiger partial charge in [0.25, 0.3) is 5.91 Å². The molecule has 1 amide bonds. The first-order chi connectivity index (χ1) is 12.0. The molecule has 25 heavy (non-hydrogen) atoms. The van der Waals surface area contributed by atoms with Crippen LogP contribution in [0.5, 0.6) is 5.75 Å². The van der Waals surface area contributed by atoms with Crippen molar-refractivity contribution in [2.75, 3.05) is 5.32 Å². The Hall–Kier alpha value is -2.15. The monoisotopic (exact) mass is 393 g/mol. The minimum absolute atomic E-state index is 0.260. The molecule has 128 valence electrons. The van der Waals surface area contributed by atoms with Crippen LogP contribution in [0.3, 0.4) is 0 Å². The van der Waals surface area contributed by atoms with Gasteiger partial charge in [0, 0.05) is 21.3 Å². The Bertz CT molecular complexity index is 877. The van der Waals surface area contributed by atoms with Crippen molar-refractivity contribution < 1.29 is 9.53 Å². The van der Waals surface area contributed by atoms with Crippen molar-refractivity contribution in [1.82, 2.24) is 8.75 Å². The first-order valence-corrected chi connectivity index (χ1v) is 8.78. The highest BCUT2D eigenvalue weighted by molar-refractivity contribution is 6.99. The Kier molecular flexibility index (Phi) is 5.53. The molecule has 3 aromatic rings. The molecule has 3 rings (SSSR count). The zero-order chi connectivity index (χ0) is 17.8. The van der Waals surface area contributed by atoms with Crippen molar-refractivity contribution in [3.8, 4) is 5.75 Å². The van der Waals surface area contributed by atoms with Crippen LogP contribution in [0.4, 0.5) is 5.69 Å². The molecular weight excluding hydrogens is 381 g/mol. The zero-order valence-corrected chi connectivity index (χ0v) is 15.5. The first kappa shape index (κ1) is 17.7. The maximum atomic E-state index is 12.3. The molecule has 0 bridgehead atoms. The molecule has 5 nitrogen and oxygen atoms in total. The second-order valence-corrected chi connectivity index (χ2v) is 6.62. The summed E-state index contributed by atoms with van der Waals surface area (Å²) in [7, 11) is 0. The van der Waals surface area contributed by atoms with E-state index in [9.17, 15) is 4.79 Å². The lowest BCUT2D eigenvalue weighted by molar-refractivity contribution is 0.102. The van der Waals surface area contributed by atoms with Gasteiger partial charge in [0.15, 0.2) is 0 Å². The third kappa shape index (κ3) is 4.69. The average molecular weight is 394 g/mol. The number of carbonyl (C=O) groups excluding carboxylic acids is 1. The predicted molar refractivity (Wildman–Crippen MR) is 99.8 cm³/mol. The van der Waals surface area contributed by atoms with Gasteiger partial charge in [-0.1, -0.05) is 23.2 Å². The van der Waals surface area contributed by atoms with E-state index in [1.54, 1.807) is 42.5 Å². The fourth-order valence-electron chi connectivity index (χ4n) is 2.06. The van der Waals surface area contributed by atoms with Crippen LogP contribution >= 0.6 is 34.9 Å². The SMILES string of the molecule is Cc1nsnc1COc1ccc(C(=O)Nc2cc(Cl)cc(Cl)c2)cc1. The van der Waals surface area contributed by atoms with Gasteiger partial charge in [-0.05, 0) is 49.4 Å². The van der Waals surface area contributed by atoms with Crippen molar-refractivity contribution in [2.24, 2.45) is 0 Å². The highest BCUT2D eigenvalue weighted by Crippen LogP contribution is 2.23. The maximum absolute atomic E-state index is 12.3. The number of amides is 1. The molecule has 0 saturated carbocycles. The van der Waals surface area contributed by atoms with Crippen molar-refractivity contribution >= 4 is 46.5 Å². The molecule has 0 unspecified atom stereocenters. The number of rotatable bonds is 5. The van der Waals surface area contributed by atoms with Crippen LogP contribution < -0.4 is 10.1 Å². The van der Waals surface area contributed by atoms with Gasteiger partial charge in [-0.2, -0.15) is 8.75 Å². The standard InChI is InChI=1S/C17H13Cl2N3O2S/c1-10-16(22-25-21-10)9-24-15-4-2-11(3-5-15)17(23)20-14-7-12(18)6-13(19)8-14/h2-8H,9H2,1H3,(H,20,23). The summed E-state index contributed by atoms with van der Waals surface area (Å²) >= 11 is 13.0. The molecule has 2 aromatic carbocycles. The number of nitrogens with one attached hydrogen (secondary N) is 1. The number of carbonyl (C=O) groups is 1. The summed E-state index contributed by atoms with van der Waals surface area (Å²) in [6.45, 7) is 2.23. The van der Waals surface area contributed by atoms with E-state index in [1.807, 2.05) is 6.92 Å². The van der Waals surface area contributed by atoms with Crippen molar-refractivity contribution in [3.63, 3.8) is 0 Å². The van der Waals surface area contributed by atoms with Gasteiger partial charge in [0.2, 0.25) is 0 Å². The third-order valence-electron chi connectivity index (χ3n) is 3.36. The number of hydrogen-bond acceptors (Lipinski definition) is 5. The minimum Gasteiger partial charge on any atom is -0.487 e. The first-order valence-electron chi connectivity index (χ1n) is 7.29. The van der Waals surface area contributed by atoms with Crippen LogP contribution in [0.1, 0.15) is 21.7 Å². The van der Waals surface area contributed by atoms with Crippen molar-refractivity contribution in [3.05, 3.63) is 69.5 Å². The number of nitrogens with zero attached hydrogens (tertiary/aromatic N) is 2. The molecule has 0 radical (unpaired) electrons. The van der Waals surface area contributed by atoms with E-state index >= 15 is 0 Å². The van der Waals surface area contributed by atoms with E-state index < -0.39 is 0 Å². The summed E-state index contributed by atoms with van der Waals surface area (Å²) in [5.41, 5.74) is 2.70. The van der Waals surface area contributed by atoms with Gasteiger partial charge in [0.1, 0.15) is 18.1 Å². The second-order valence-electron chi connectivity index (χ2n) is 5.22. The van der Waals surface area contributed by atoms with Gasteiger partial charge >= 0.3 is 0 Å². The van der Waals surface area contributed by atoms with Gasteiger partial charge in [-0.25, -0.2) is 0 Å². The smallest absolute Gasteiger partial charge is 0.255 e. The van der Waals surface area contributed by atoms with E-state index in [0.29, 0.717) is 33.7 Å². The normalized spacial score (nSPS) is 10.5. The van der Waals surface area contributed by atoms with Gasteiger partial charge in [-0.15, -0.1) is 0 Å². The minimum atomic E-state index is -0.260. The highest BCUT2D eigenvalue weighted by atomic mass is 35.5. The topological polar surface area (TPSA) is 64.1 Å². The Morgan fingerprint density at radius 1 is 1.12 bits per heavy atom. The molecule has 0 aliphatic heterocycles. The van der Waals surface area contributed by atoms with E-state index in [2.05, 4.69) is 14.1 Å². The predicted octanol–water partition coefficient (Wildman–Crippen LogP) is 4.98. The molecule has 0 aliphatic carbocycles. The van der Waals surface area contributed by atoms with Crippen LogP contribution in [-0.4, -0.2) is 14.7 Å². The van der Waals surface area contributed by atoms with Gasteiger partial charge in [-0.3, -0.25) is 4.79 Å². The number of benzene rings is 2. The number of ether oxygens (including phenoxy) is 1. The van der Waals surface area contributed by atoms with Crippen LogP contribution in [0.25, 0.3) is 0 Å². The maximum Gasteiger partial charge on any atom is 0.255 e. The fraction of sp³-hybridized carbons (Fsp3) is 0.118. The average Bonchev–Trinajstić information content (AvgIpc) is 2.97. The molecule has 1 N–H and O–H groups in total. The fourth-order valence-corrected chi connectivity index (χ4v) is 3.14. The number of aromatic nitrogens is 2. The van der Waals surface area contributed by atoms with E-state index in [1.165, 1.54) is 0 Å². The number of anilines is 1. The van der Waals surface area contributed by atoms with Crippen LogP contribution in [0.2, 0.25) is 10.0 Å². The zero-order valence-electron chi connectivity index (χ0n) is 13.1. The Morgan fingerprint density at radius 2 is 1.80 bits per heavy atom. The summed E-state index contributed by atoms with van der Waals surface area (Å²) in [6, 6.07) is 11.7. The Labute approximate surface area is 158 Å². The molecule has 8 heteroatoms. The number of halogens is 2. The summed E-state index contributed by atoms with van der Waals surface area (Å²) in [5.74, 6) is 0.388. The van der Waals surface area contributed by atoms with Crippen LogP contribution in [0, 0.1) is 6.92 Å². The summed E-state index contributed by atoms with van der Waals surface area (Å²) in [6.07, 6.45) is 0.